The quantitative estimate of drug-likeness (QED) is 0.698. The van der Waals surface area contributed by atoms with Gasteiger partial charge in [0.1, 0.15) is 0 Å². The van der Waals surface area contributed by atoms with Gasteiger partial charge in [-0.25, -0.2) is 0 Å². The summed E-state index contributed by atoms with van der Waals surface area (Å²) in [5, 5.41) is 3.33. The Bertz CT molecular complexity index is 930. The van der Waals surface area contributed by atoms with Gasteiger partial charge in [0, 0.05) is 24.9 Å². The van der Waals surface area contributed by atoms with Gasteiger partial charge in [-0.2, -0.15) is 0 Å². The van der Waals surface area contributed by atoms with E-state index in [0.29, 0.717) is 29.6 Å². The van der Waals surface area contributed by atoms with Gasteiger partial charge in [0.25, 0.3) is 0 Å². The maximum Gasteiger partial charge on any atom is 0.246 e. The first kappa shape index (κ1) is 21.7. The van der Waals surface area contributed by atoms with Gasteiger partial charge in [-0.3, -0.25) is 9.59 Å². The van der Waals surface area contributed by atoms with Crippen LogP contribution in [0.1, 0.15) is 18.4 Å². The van der Waals surface area contributed by atoms with E-state index in [2.05, 4.69) is 5.32 Å². The Hall–Kier alpha value is -2.99. The highest BCUT2D eigenvalue weighted by atomic mass is 35.5. The maximum absolute atomic E-state index is 12.7. The number of hydrogen-bond acceptors (Lipinski definition) is 4. The standard InChI is InChI=1S/C23H25ClN2O4/c1-29-20-14-16(13-19(24)22(20)30-2)10-11-21(27)26-12-6-7-17(15-26)23(28)25-18-8-4-3-5-9-18/h3-5,8-11,13-14,17H,6-7,12,15H2,1-2H3,(H,25,28)/b11-10+. The van der Waals surface area contributed by atoms with E-state index < -0.39 is 0 Å². The van der Waals surface area contributed by atoms with Crippen LogP contribution in [-0.2, 0) is 9.59 Å². The van der Waals surface area contributed by atoms with Crippen LogP contribution in [0.15, 0.2) is 48.5 Å². The second-order valence-corrected chi connectivity index (χ2v) is 7.46. The molecule has 2 aromatic carbocycles. The minimum Gasteiger partial charge on any atom is -0.493 e. The average Bonchev–Trinajstić information content (AvgIpc) is 2.77. The normalized spacial score (nSPS) is 16.4. The van der Waals surface area contributed by atoms with Gasteiger partial charge in [0.2, 0.25) is 11.8 Å². The first-order chi connectivity index (χ1) is 14.5. The van der Waals surface area contributed by atoms with E-state index in [4.69, 9.17) is 21.1 Å². The van der Waals surface area contributed by atoms with E-state index in [0.717, 1.165) is 24.1 Å². The minimum atomic E-state index is -0.230. The van der Waals surface area contributed by atoms with Gasteiger partial charge >= 0.3 is 0 Å². The number of nitrogens with zero attached hydrogens (tertiary/aromatic N) is 1. The first-order valence-corrected chi connectivity index (χ1v) is 10.1. The number of methoxy groups -OCH3 is 2. The summed E-state index contributed by atoms with van der Waals surface area (Å²) < 4.78 is 10.5. The first-order valence-electron chi connectivity index (χ1n) is 9.76. The van der Waals surface area contributed by atoms with Crippen LogP contribution in [0.25, 0.3) is 6.08 Å². The van der Waals surface area contributed by atoms with Gasteiger partial charge in [-0.15, -0.1) is 0 Å². The zero-order valence-corrected chi connectivity index (χ0v) is 17.8. The molecule has 0 saturated carbocycles. The molecule has 1 aliphatic heterocycles. The minimum absolute atomic E-state index is 0.0608. The number of halogens is 1. The lowest BCUT2D eigenvalue weighted by atomic mass is 9.97. The summed E-state index contributed by atoms with van der Waals surface area (Å²) >= 11 is 6.22. The number of ether oxygens (including phenoxy) is 2. The average molecular weight is 429 g/mol. The van der Waals surface area contributed by atoms with Crippen molar-refractivity contribution in [2.24, 2.45) is 5.92 Å². The smallest absolute Gasteiger partial charge is 0.246 e. The van der Waals surface area contributed by atoms with Crippen LogP contribution in [0.5, 0.6) is 11.5 Å². The highest BCUT2D eigenvalue weighted by Crippen LogP contribution is 2.36. The molecule has 0 aliphatic carbocycles. The molecular weight excluding hydrogens is 404 g/mol. The molecule has 1 fully saturated rings. The summed E-state index contributed by atoms with van der Waals surface area (Å²) in [7, 11) is 3.05. The lowest BCUT2D eigenvalue weighted by Crippen LogP contribution is -2.43. The molecule has 3 rings (SSSR count). The molecule has 0 radical (unpaired) electrons. The van der Waals surface area contributed by atoms with Gasteiger partial charge < -0.3 is 19.7 Å². The molecule has 1 atom stereocenters. The zero-order valence-electron chi connectivity index (χ0n) is 17.1. The molecule has 1 aliphatic rings. The topological polar surface area (TPSA) is 67.9 Å². The Balaban J connectivity index is 1.64. The van der Waals surface area contributed by atoms with Crippen molar-refractivity contribution in [3.8, 4) is 11.5 Å². The molecule has 2 aromatic rings. The van der Waals surface area contributed by atoms with Crippen LogP contribution in [-0.4, -0.2) is 44.0 Å². The van der Waals surface area contributed by atoms with Crippen molar-refractivity contribution < 1.29 is 19.1 Å². The Morgan fingerprint density at radius 1 is 1.17 bits per heavy atom. The van der Waals surface area contributed by atoms with Gasteiger partial charge in [0.15, 0.2) is 11.5 Å². The molecule has 6 nitrogen and oxygen atoms in total. The third-order valence-corrected chi connectivity index (χ3v) is 5.30. The van der Waals surface area contributed by atoms with E-state index in [1.54, 1.807) is 23.1 Å². The molecule has 0 aromatic heterocycles. The van der Waals surface area contributed by atoms with Crippen LogP contribution < -0.4 is 14.8 Å². The number of nitrogens with one attached hydrogen (secondary N) is 1. The highest BCUT2D eigenvalue weighted by molar-refractivity contribution is 6.32. The zero-order chi connectivity index (χ0) is 21.5. The van der Waals surface area contributed by atoms with E-state index in [-0.39, 0.29) is 17.7 Å². The molecule has 1 N–H and O–H groups in total. The Morgan fingerprint density at radius 2 is 1.93 bits per heavy atom. The molecule has 2 amide bonds. The fourth-order valence-electron chi connectivity index (χ4n) is 3.46. The summed E-state index contributed by atoms with van der Waals surface area (Å²) in [5.41, 5.74) is 1.48. The van der Waals surface area contributed by atoms with Crippen LogP contribution >= 0.6 is 11.6 Å². The van der Waals surface area contributed by atoms with Crippen molar-refractivity contribution >= 4 is 35.2 Å². The molecule has 0 bridgehead atoms. The van der Waals surface area contributed by atoms with Crippen LogP contribution in [0.4, 0.5) is 5.69 Å². The molecule has 1 unspecified atom stereocenters. The monoisotopic (exact) mass is 428 g/mol. The van der Waals surface area contributed by atoms with Crippen molar-refractivity contribution in [3.63, 3.8) is 0 Å². The third-order valence-electron chi connectivity index (χ3n) is 5.02. The number of anilines is 1. The molecule has 0 spiro atoms. The fourth-order valence-corrected chi connectivity index (χ4v) is 3.76. The summed E-state index contributed by atoms with van der Waals surface area (Å²) in [6, 6.07) is 12.8. The Labute approximate surface area is 181 Å². The number of rotatable bonds is 6. The Kier molecular flexibility index (Phi) is 7.36. The lowest BCUT2D eigenvalue weighted by molar-refractivity contribution is -0.130. The predicted octanol–water partition coefficient (Wildman–Crippen LogP) is 4.25. The van der Waals surface area contributed by atoms with Crippen molar-refractivity contribution in [2.45, 2.75) is 12.8 Å². The second-order valence-electron chi connectivity index (χ2n) is 7.05. The summed E-state index contributed by atoms with van der Waals surface area (Å²) in [6.45, 7) is 1.03. The summed E-state index contributed by atoms with van der Waals surface area (Å²) in [5.74, 6) is 0.512. The number of para-hydroxylation sites is 1. The summed E-state index contributed by atoms with van der Waals surface area (Å²) in [6.07, 6.45) is 4.73. The van der Waals surface area contributed by atoms with E-state index in [1.165, 1.54) is 20.3 Å². The molecule has 1 heterocycles. The molecule has 1 saturated heterocycles. The summed E-state index contributed by atoms with van der Waals surface area (Å²) in [4.78, 5) is 27.0. The predicted molar refractivity (Wildman–Crippen MR) is 118 cm³/mol. The van der Waals surface area contributed by atoms with Crippen LogP contribution in [0.3, 0.4) is 0 Å². The number of benzene rings is 2. The SMILES string of the molecule is COc1cc(/C=C/C(=O)N2CCCC(C(=O)Nc3ccccc3)C2)cc(Cl)c1OC. The lowest BCUT2D eigenvalue weighted by Gasteiger charge is -2.31. The second kappa shape index (κ2) is 10.2. The largest absolute Gasteiger partial charge is 0.493 e. The van der Waals surface area contributed by atoms with E-state index in [9.17, 15) is 9.59 Å². The van der Waals surface area contributed by atoms with Crippen LogP contribution in [0, 0.1) is 5.92 Å². The third kappa shape index (κ3) is 5.33. The highest BCUT2D eigenvalue weighted by Gasteiger charge is 2.27. The fraction of sp³-hybridized carbons (Fsp3) is 0.304. The molecule has 30 heavy (non-hydrogen) atoms. The molecule has 7 heteroatoms. The number of carbonyl (C=O) groups is 2. The van der Waals surface area contributed by atoms with Gasteiger partial charge in [-0.1, -0.05) is 29.8 Å². The van der Waals surface area contributed by atoms with Gasteiger partial charge in [0.05, 0.1) is 25.2 Å². The molecule has 158 valence electrons. The van der Waals surface area contributed by atoms with Crippen molar-refractivity contribution in [3.05, 3.63) is 59.1 Å². The Morgan fingerprint density at radius 3 is 2.63 bits per heavy atom. The van der Waals surface area contributed by atoms with E-state index in [1.807, 2.05) is 30.3 Å². The molecular formula is C23H25ClN2O4. The number of carbonyl (C=O) groups excluding carboxylic acids is 2. The van der Waals surface area contributed by atoms with Crippen LogP contribution in [0.2, 0.25) is 5.02 Å². The van der Waals surface area contributed by atoms with Crippen molar-refractivity contribution in [1.82, 2.24) is 4.90 Å². The van der Waals surface area contributed by atoms with Crippen molar-refractivity contribution in [1.29, 1.82) is 0 Å². The maximum atomic E-state index is 12.7. The number of hydrogen-bond donors (Lipinski definition) is 1. The number of likely N-dealkylation sites (tertiary alicyclic amines) is 1. The number of piperidine rings is 1. The number of amides is 2. The van der Waals surface area contributed by atoms with E-state index >= 15 is 0 Å². The van der Waals surface area contributed by atoms with Crippen molar-refractivity contribution in [2.75, 3.05) is 32.6 Å². The van der Waals surface area contributed by atoms with Gasteiger partial charge in [-0.05, 0) is 48.7 Å².